The van der Waals surface area contributed by atoms with Crippen molar-refractivity contribution in [1.29, 1.82) is 0 Å². The first-order chi connectivity index (χ1) is 7.36. The zero-order chi connectivity index (χ0) is 10.5. The number of rotatable bonds is 2. The molecular weight excluding hydrogens is 190 g/mol. The van der Waals surface area contributed by atoms with Crippen LogP contribution >= 0.6 is 0 Å². The van der Waals surface area contributed by atoms with Crippen LogP contribution in [0.15, 0.2) is 24.0 Å². The Morgan fingerprint density at radius 2 is 2.13 bits per heavy atom. The molecule has 0 saturated heterocycles. The molecule has 3 heteroatoms. The number of hydrogen-bond acceptors (Lipinski definition) is 2. The normalized spacial score (nSPS) is 21.7. The van der Waals surface area contributed by atoms with Crippen LogP contribution < -0.4 is 5.32 Å². The molecular formula is C12H17NO2. The lowest BCUT2D eigenvalue weighted by atomic mass is 9.95. The van der Waals surface area contributed by atoms with E-state index in [9.17, 15) is 4.79 Å². The summed E-state index contributed by atoms with van der Waals surface area (Å²) in [6, 6.07) is 0.378. The van der Waals surface area contributed by atoms with Crippen molar-refractivity contribution in [3.8, 4) is 0 Å². The zero-order valence-electron chi connectivity index (χ0n) is 8.87. The summed E-state index contributed by atoms with van der Waals surface area (Å²) in [6.07, 6.45) is 11.2. The smallest absolute Gasteiger partial charge is 0.251 e. The molecule has 82 valence electrons. The molecule has 15 heavy (non-hydrogen) atoms. The number of nitrogens with one attached hydrogen (secondary N) is 1. The molecule has 1 amide bonds. The second kappa shape index (κ2) is 5.01. The highest BCUT2D eigenvalue weighted by Gasteiger charge is 2.17. The molecule has 2 rings (SSSR count). The van der Waals surface area contributed by atoms with Gasteiger partial charge in [-0.1, -0.05) is 19.3 Å². The van der Waals surface area contributed by atoms with Crippen molar-refractivity contribution in [2.45, 2.75) is 38.1 Å². The molecule has 0 unspecified atom stereocenters. The fourth-order valence-corrected chi connectivity index (χ4v) is 2.07. The van der Waals surface area contributed by atoms with Gasteiger partial charge in [-0.2, -0.15) is 0 Å². The van der Waals surface area contributed by atoms with Crippen molar-refractivity contribution < 1.29 is 9.53 Å². The molecule has 1 saturated carbocycles. The Balaban J connectivity index is 1.85. The van der Waals surface area contributed by atoms with E-state index in [1.54, 1.807) is 12.3 Å². The van der Waals surface area contributed by atoms with Crippen LogP contribution in [0.3, 0.4) is 0 Å². The highest BCUT2D eigenvalue weighted by molar-refractivity contribution is 5.96. The summed E-state index contributed by atoms with van der Waals surface area (Å²) in [4.78, 5) is 11.8. The van der Waals surface area contributed by atoms with Crippen LogP contribution in [0.5, 0.6) is 0 Å². The fraction of sp³-hybridized carbons (Fsp3) is 0.583. The van der Waals surface area contributed by atoms with Gasteiger partial charge in [0, 0.05) is 11.6 Å². The van der Waals surface area contributed by atoms with E-state index in [1.807, 2.05) is 6.08 Å². The molecule has 1 aliphatic heterocycles. The molecule has 1 N–H and O–H groups in total. The summed E-state index contributed by atoms with van der Waals surface area (Å²) < 4.78 is 5.00. The maximum Gasteiger partial charge on any atom is 0.251 e. The average molecular weight is 207 g/mol. The molecule has 1 heterocycles. The first-order valence-electron chi connectivity index (χ1n) is 5.65. The highest BCUT2D eigenvalue weighted by Crippen LogP contribution is 2.18. The molecule has 2 aliphatic rings. The van der Waals surface area contributed by atoms with Gasteiger partial charge in [-0.3, -0.25) is 4.79 Å². The third-order valence-electron chi connectivity index (χ3n) is 2.95. The lowest BCUT2D eigenvalue weighted by Crippen LogP contribution is -2.37. The van der Waals surface area contributed by atoms with Crippen molar-refractivity contribution in [3.63, 3.8) is 0 Å². The molecule has 0 atom stereocenters. The number of carbonyl (C=O) groups excluding carboxylic acids is 1. The molecule has 1 fully saturated rings. The van der Waals surface area contributed by atoms with Gasteiger partial charge in [-0.25, -0.2) is 0 Å². The zero-order valence-corrected chi connectivity index (χ0v) is 8.87. The number of ether oxygens (including phenoxy) is 1. The molecule has 3 nitrogen and oxygen atoms in total. The first-order valence-corrected chi connectivity index (χ1v) is 5.65. The Bertz CT molecular complexity index is 288. The SMILES string of the molecule is O=C(NC1CCCCC1)C1=CCOC=C1. The van der Waals surface area contributed by atoms with Gasteiger partial charge in [0.15, 0.2) is 0 Å². The van der Waals surface area contributed by atoms with Gasteiger partial charge in [0.25, 0.3) is 5.91 Å². The van der Waals surface area contributed by atoms with E-state index in [2.05, 4.69) is 5.32 Å². The predicted molar refractivity (Wildman–Crippen MR) is 58.2 cm³/mol. The van der Waals surface area contributed by atoms with E-state index < -0.39 is 0 Å². The maximum atomic E-state index is 11.8. The highest BCUT2D eigenvalue weighted by atomic mass is 16.5. The van der Waals surface area contributed by atoms with Crippen molar-refractivity contribution in [2.75, 3.05) is 6.61 Å². The molecule has 0 aromatic carbocycles. The molecule has 0 spiro atoms. The quantitative estimate of drug-likeness (QED) is 0.751. The van der Waals surface area contributed by atoms with Gasteiger partial charge >= 0.3 is 0 Å². The Hall–Kier alpha value is -1.25. The minimum atomic E-state index is 0.0430. The van der Waals surface area contributed by atoms with Crippen molar-refractivity contribution in [1.82, 2.24) is 5.32 Å². The van der Waals surface area contributed by atoms with Crippen molar-refractivity contribution >= 4 is 5.91 Å². The third-order valence-corrected chi connectivity index (χ3v) is 2.95. The van der Waals surface area contributed by atoms with Crippen LogP contribution in [0.2, 0.25) is 0 Å². The third kappa shape index (κ3) is 2.85. The molecule has 0 aromatic heterocycles. The standard InChI is InChI=1S/C12H17NO2/c14-12(10-6-8-15-9-7-10)13-11-4-2-1-3-5-11/h6-8,11H,1-5,9H2,(H,13,14). The predicted octanol–water partition coefficient (Wildman–Crippen LogP) is 1.91. The average Bonchev–Trinajstić information content (AvgIpc) is 2.31. The molecule has 1 aliphatic carbocycles. The largest absolute Gasteiger partial charge is 0.497 e. The lowest BCUT2D eigenvalue weighted by molar-refractivity contribution is -0.118. The Morgan fingerprint density at radius 3 is 2.80 bits per heavy atom. The number of amides is 1. The second-order valence-electron chi connectivity index (χ2n) is 4.10. The lowest BCUT2D eigenvalue weighted by Gasteiger charge is -2.23. The van der Waals surface area contributed by atoms with Crippen molar-refractivity contribution in [2.24, 2.45) is 0 Å². The second-order valence-corrected chi connectivity index (χ2v) is 4.10. The van der Waals surface area contributed by atoms with Crippen LogP contribution in [0.1, 0.15) is 32.1 Å². The summed E-state index contributed by atoms with van der Waals surface area (Å²) in [6.45, 7) is 0.504. The van der Waals surface area contributed by atoms with E-state index in [-0.39, 0.29) is 5.91 Å². The van der Waals surface area contributed by atoms with Crippen LogP contribution in [0.25, 0.3) is 0 Å². The number of hydrogen-bond donors (Lipinski definition) is 1. The van der Waals surface area contributed by atoms with Gasteiger partial charge in [-0.05, 0) is 25.0 Å². The van der Waals surface area contributed by atoms with Gasteiger partial charge < -0.3 is 10.1 Å². The topological polar surface area (TPSA) is 38.3 Å². The van der Waals surface area contributed by atoms with Gasteiger partial charge in [0.05, 0.1) is 6.26 Å². The van der Waals surface area contributed by atoms with E-state index in [0.717, 1.165) is 18.4 Å². The number of carbonyl (C=O) groups is 1. The van der Waals surface area contributed by atoms with E-state index in [0.29, 0.717) is 12.6 Å². The first kappa shape index (κ1) is 10.3. The Labute approximate surface area is 90.2 Å². The van der Waals surface area contributed by atoms with Crippen LogP contribution in [0.4, 0.5) is 0 Å². The minimum absolute atomic E-state index is 0.0430. The minimum Gasteiger partial charge on any atom is -0.497 e. The molecule has 0 radical (unpaired) electrons. The van der Waals surface area contributed by atoms with Crippen LogP contribution in [-0.4, -0.2) is 18.6 Å². The molecule has 0 bridgehead atoms. The van der Waals surface area contributed by atoms with Crippen LogP contribution in [-0.2, 0) is 9.53 Å². The van der Waals surface area contributed by atoms with Crippen LogP contribution in [0, 0.1) is 0 Å². The Morgan fingerprint density at radius 1 is 1.33 bits per heavy atom. The van der Waals surface area contributed by atoms with Gasteiger partial charge in [-0.15, -0.1) is 0 Å². The maximum absolute atomic E-state index is 11.8. The fourth-order valence-electron chi connectivity index (χ4n) is 2.07. The van der Waals surface area contributed by atoms with E-state index in [1.165, 1.54) is 19.3 Å². The summed E-state index contributed by atoms with van der Waals surface area (Å²) in [5.74, 6) is 0.0430. The summed E-state index contributed by atoms with van der Waals surface area (Å²) in [5, 5.41) is 3.07. The molecule has 0 aromatic rings. The van der Waals surface area contributed by atoms with E-state index in [4.69, 9.17) is 4.74 Å². The Kier molecular flexibility index (Phi) is 3.43. The van der Waals surface area contributed by atoms with Gasteiger partial charge in [0.2, 0.25) is 0 Å². The monoisotopic (exact) mass is 207 g/mol. The van der Waals surface area contributed by atoms with Crippen molar-refractivity contribution in [3.05, 3.63) is 24.0 Å². The van der Waals surface area contributed by atoms with Gasteiger partial charge in [0.1, 0.15) is 6.61 Å². The summed E-state index contributed by atoms with van der Waals surface area (Å²) in [5.41, 5.74) is 0.729. The van der Waals surface area contributed by atoms with E-state index >= 15 is 0 Å². The summed E-state index contributed by atoms with van der Waals surface area (Å²) in [7, 11) is 0. The summed E-state index contributed by atoms with van der Waals surface area (Å²) >= 11 is 0.